The Morgan fingerprint density at radius 3 is 2.87 bits per heavy atom. The number of aryl methyl sites for hydroxylation is 1. The van der Waals surface area contributed by atoms with Crippen LogP contribution in [0, 0.1) is 12.8 Å². The molecule has 0 radical (unpaired) electrons. The molecule has 0 aliphatic heterocycles. The fourth-order valence-electron chi connectivity index (χ4n) is 2.91. The van der Waals surface area contributed by atoms with Gasteiger partial charge in [0.05, 0.1) is 19.7 Å². The molecule has 0 amide bonds. The summed E-state index contributed by atoms with van der Waals surface area (Å²) in [6.07, 6.45) is 2.35. The average molecular weight is 416 g/mol. The summed E-state index contributed by atoms with van der Waals surface area (Å²) in [5, 5.41) is 10.5. The van der Waals surface area contributed by atoms with Crippen molar-refractivity contribution in [3.63, 3.8) is 0 Å². The van der Waals surface area contributed by atoms with Crippen LogP contribution in [0.25, 0.3) is 0 Å². The first-order valence-corrected chi connectivity index (χ1v) is 10.8. The van der Waals surface area contributed by atoms with Crippen LogP contribution in [0.2, 0.25) is 0 Å². The lowest BCUT2D eigenvalue weighted by Crippen LogP contribution is -2.36. The SMILES string of the molecule is CCNC(=NCc1ccc(C)cc1OCC1CC1)NCc1nc(C(C)OCC)no1. The van der Waals surface area contributed by atoms with E-state index < -0.39 is 0 Å². The van der Waals surface area contributed by atoms with Gasteiger partial charge in [0.2, 0.25) is 5.89 Å². The van der Waals surface area contributed by atoms with Gasteiger partial charge < -0.3 is 24.6 Å². The molecule has 1 heterocycles. The van der Waals surface area contributed by atoms with Crippen molar-refractivity contribution in [3.05, 3.63) is 41.0 Å². The van der Waals surface area contributed by atoms with Gasteiger partial charge in [-0.2, -0.15) is 4.98 Å². The molecule has 1 unspecified atom stereocenters. The molecule has 1 aromatic heterocycles. The Kier molecular flexibility index (Phi) is 8.07. The molecule has 8 nitrogen and oxygen atoms in total. The molecule has 1 aliphatic carbocycles. The lowest BCUT2D eigenvalue weighted by Gasteiger charge is -2.13. The van der Waals surface area contributed by atoms with Crippen LogP contribution in [0.1, 0.15) is 62.6 Å². The summed E-state index contributed by atoms with van der Waals surface area (Å²) in [6.45, 7) is 11.0. The second-order valence-corrected chi connectivity index (χ2v) is 7.56. The van der Waals surface area contributed by atoms with Crippen LogP contribution in [0.4, 0.5) is 0 Å². The van der Waals surface area contributed by atoms with Crippen molar-refractivity contribution < 1.29 is 14.0 Å². The lowest BCUT2D eigenvalue weighted by molar-refractivity contribution is 0.0683. The molecule has 0 saturated heterocycles. The molecule has 2 aromatic rings. The molecule has 8 heteroatoms. The monoisotopic (exact) mass is 415 g/mol. The smallest absolute Gasteiger partial charge is 0.246 e. The molecular formula is C22H33N5O3. The maximum absolute atomic E-state index is 6.05. The number of benzene rings is 1. The zero-order chi connectivity index (χ0) is 21.3. The van der Waals surface area contributed by atoms with Crippen molar-refractivity contribution in [1.29, 1.82) is 0 Å². The maximum Gasteiger partial charge on any atom is 0.246 e. The number of aromatic nitrogens is 2. The molecule has 1 fully saturated rings. The topological polar surface area (TPSA) is 93.8 Å². The minimum atomic E-state index is -0.190. The Morgan fingerprint density at radius 2 is 2.13 bits per heavy atom. The van der Waals surface area contributed by atoms with Crippen molar-refractivity contribution in [3.8, 4) is 5.75 Å². The van der Waals surface area contributed by atoms with Gasteiger partial charge in [0.1, 0.15) is 11.9 Å². The number of nitrogens with one attached hydrogen (secondary N) is 2. The van der Waals surface area contributed by atoms with E-state index in [-0.39, 0.29) is 6.10 Å². The molecule has 1 atom stereocenters. The van der Waals surface area contributed by atoms with Gasteiger partial charge in [0.25, 0.3) is 0 Å². The van der Waals surface area contributed by atoms with Gasteiger partial charge in [-0.25, -0.2) is 4.99 Å². The third-order valence-corrected chi connectivity index (χ3v) is 4.82. The summed E-state index contributed by atoms with van der Waals surface area (Å²) in [7, 11) is 0. The van der Waals surface area contributed by atoms with Crippen LogP contribution < -0.4 is 15.4 Å². The normalized spacial score (nSPS) is 15.1. The predicted molar refractivity (Wildman–Crippen MR) is 115 cm³/mol. The van der Waals surface area contributed by atoms with Crippen LogP contribution in [0.3, 0.4) is 0 Å². The molecule has 2 N–H and O–H groups in total. The fourth-order valence-corrected chi connectivity index (χ4v) is 2.91. The first kappa shape index (κ1) is 22.1. The highest BCUT2D eigenvalue weighted by Gasteiger charge is 2.22. The zero-order valence-corrected chi connectivity index (χ0v) is 18.4. The van der Waals surface area contributed by atoms with Crippen LogP contribution in [0.15, 0.2) is 27.7 Å². The van der Waals surface area contributed by atoms with Crippen LogP contribution in [0.5, 0.6) is 5.75 Å². The lowest BCUT2D eigenvalue weighted by atomic mass is 10.1. The molecular weight excluding hydrogens is 382 g/mol. The molecule has 0 bridgehead atoms. The second-order valence-electron chi connectivity index (χ2n) is 7.56. The van der Waals surface area contributed by atoms with Crippen LogP contribution in [-0.4, -0.2) is 35.9 Å². The van der Waals surface area contributed by atoms with Gasteiger partial charge in [-0.3, -0.25) is 0 Å². The average Bonchev–Trinajstić information content (AvgIpc) is 3.44. The van der Waals surface area contributed by atoms with E-state index in [0.29, 0.717) is 43.3 Å². The molecule has 1 aromatic carbocycles. The maximum atomic E-state index is 6.05. The van der Waals surface area contributed by atoms with E-state index in [9.17, 15) is 0 Å². The highest BCUT2D eigenvalue weighted by molar-refractivity contribution is 5.79. The molecule has 30 heavy (non-hydrogen) atoms. The number of hydrogen-bond acceptors (Lipinski definition) is 6. The number of rotatable bonds is 11. The van der Waals surface area contributed by atoms with Crippen LogP contribution >= 0.6 is 0 Å². The molecule has 3 rings (SSSR count). The predicted octanol–water partition coefficient (Wildman–Crippen LogP) is 3.52. The zero-order valence-electron chi connectivity index (χ0n) is 18.4. The number of ether oxygens (including phenoxy) is 2. The molecule has 1 saturated carbocycles. The summed E-state index contributed by atoms with van der Waals surface area (Å²) in [6, 6.07) is 6.27. The summed E-state index contributed by atoms with van der Waals surface area (Å²) in [5.41, 5.74) is 2.26. The minimum absolute atomic E-state index is 0.190. The fraction of sp³-hybridized carbons (Fsp3) is 0.591. The van der Waals surface area contributed by atoms with E-state index in [1.807, 2.05) is 20.8 Å². The highest BCUT2D eigenvalue weighted by atomic mass is 16.5. The van der Waals surface area contributed by atoms with Gasteiger partial charge >= 0.3 is 0 Å². The first-order valence-electron chi connectivity index (χ1n) is 10.8. The van der Waals surface area contributed by atoms with Crippen molar-refractivity contribution in [1.82, 2.24) is 20.8 Å². The van der Waals surface area contributed by atoms with E-state index in [4.69, 9.17) is 19.0 Å². The van der Waals surface area contributed by atoms with E-state index in [0.717, 1.165) is 24.5 Å². The Hall–Kier alpha value is -2.61. The summed E-state index contributed by atoms with van der Waals surface area (Å²) < 4.78 is 16.9. The third-order valence-electron chi connectivity index (χ3n) is 4.82. The quantitative estimate of drug-likeness (QED) is 0.428. The Morgan fingerprint density at radius 1 is 1.30 bits per heavy atom. The van der Waals surface area contributed by atoms with E-state index in [1.165, 1.54) is 18.4 Å². The molecule has 164 valence electrons. The van der Waals surface area contributed by atoms with E-state index in [2.05, 4.69) is 45.9 Å². The summed E-state index contributed by atoms with van der Waals surface area (Å²) in [4.78, 5) is 9.08. The summed E-state index contributed by atoms with van der Waals surface area (Å²) >= 11 is 0. The highest BCUT2D eigenvalue weighted by Crippen LogP contribution is 2.31. The first-order chi connectivity index (χ1) is 14.6. The standard InChI is InChI=1S/C22H33N5O3/c1-5-23-22(25-13-20-26-21(27-30-20)16(4)28-6-2)24-12-18-10-7-15(3)11-19(18)29-14-17-8-9-17/h7,10-11,16-17H,5-6,8-9,12-14H2,1-4H3,(H2,23,24,25). The largest absolute Gasteiger partial charge is 0.493 e. The van der Waals surface area contributed by atoms with Gasteiger partial charge in [-0.1, -0.05) is 17.3 Å². The number of nitrogens with zero attached hydrogens (tertiary/aromatic N) is 3. The number of aliphatic imine (C=N–C) groups is 1. The number of hydrogen-bond donors (Lipinski definition) is 2. The van der Waals surface area contributed by atoms with Gasteiger partial charge in [-0.15, -0.1) is 0 Å². The van der Waals surface area contributed by atoms with Gasteiger partial charge in [0.15, 0.2) is 11.8 Å². The van der Waals surface area contributed by atoms with E-state index >= 15 is 0 Å². The van der Waals surface area contributed by atoms with Crippen molar-refractivity contribution in [2.45, 2.75) is 59.7 Å². The van der Waals surface area contributed by atoms with Gasteiger partial charge in [-0.05, 0) is 58.1 Å². The van der Waals surface area contributed by atoms with Gasteiger partial charge in [0, 0.05) is 18.7 Å². The van der Waals surface area contributed by atoms with Crippen molar-refractivity contribution in [2.24, 2.45) is 10.9 Å². The van der Waals surface area contributed by atoms with Crippen LogP contribution in [-0.2, 0) is 17.8 Å². The van der Waals surface area contributed by atoms with Crippen molar-refractivity contribution in [2.75, 3.05) is 19.8 Å². The molecule has 1 aliphatic rings. The van der Waals surface area contributed by atoms with E-state index in [1.54, 1.807) is 0 Å². The Bertz CT molecular complexity index is 832. The minimum Gasteiger partial charge on any atom is -0.493 e. The summed E-state index contributed by atoms with van der Waals surface area (Å²) in [5.74, 6) is 3.36. The Balaban J connectivity index is 1.60. The number of guanidine groups is 1. The van der Waals surface area contributed by atoms with Crippen molar-refractivity contribution >= 4 is 5.96 Å². The molecule has 0 spiro atoms. The second kappa shape index (κ2) is 11.0. The Labute approximate surface area is 178 Å². The third kappa shape index (κ3) is 6.73.